The van der Waals surface area contributed by atoms with Gasteiger partial charge in [-0.05, 0) is 12.1 Å². The number of rotatable bonds is 3. The van der Waals surface area contributed by atoms with Crippen LogP contribution in [0.2, 0.25) is 5.02 Å². The van der Waals surface area contributed by atoms with Crippen LogP contribution in [0.1, 0.15) is 0 Å². The molecule has 1 heterocycles. The molecule has 0 aliphatic carbocycles. The van der Waals surface area contributed by atoms with Gasteiger partial charge in [0.2, 0.25) is 0 Å². The highest BCUT2D eigenvalue weighted by atomic mass is 35.5. The smallest absolute Gasteiger partial charge is 0.272 e. The molecule has 0 saturated carbocycles. The highest BCUT2D eigenvalue weighted by molar-refractivity contribution is 6.32. The molecule has 15 heavy (non-hydrogen) atoms. The highest BCUT2D eigenvalue weighted by Gasteiger charge is 2.08. The Kier molecular flexibility index (Phi) is 2.77. The Morgan fingerprint density at radius 2 is 2.20 bits per heavy atom. The molecule has 0 amide bonds. The maximum Gasteiger partial charge on any atom is 0.272 e. The Morgan fingerprint density at radius 3 is 2.93 bits per heavy atom. The van der Waals surface area contributed by atoms with Crippen molar-refractivity contribution in [3.8, 4) is 5.75 Å². The van der Waals surface area contributed by atoms with E-state index in [2.05, 4.69) is 4.98 Å². The van der Waals surface area contributed by atoms with Crippen molar-refractivity contribution in [3.63, 3.8) is 0 Å². The van der Waals surface area contributed by atoms with Gasteiger partial charge in [0, 0.05) is 23.2 Å². The number of hydrogen-bond acceptors (Lipinski definition) is 1. The van der Waals surface area contributed by atoms with Crippen molar-refractivity contribution >= 4 is 22.5 Å². The lowest BCUT2D eigenvalue weighted by atomic mass is 10.2. The summed E-state index contributed by atoms with van der Waals surface area (Å²) in [7, 11) is 0. The van der Waals surface area contributed by atoms with Crippen molar-refractivity contribution in [2.45, 2.75) is 6.43 Å². The molecule has 2 nitrogen and oxygen atoms in total. The van der Waals surface area contributed by atoms with Gasteiger partial charge < -0.3 is 9.72 Å². The molecule has 0 spiro atoms. The van der Waals surface area contributed by atoms with Crippen LogP contribution in [-0.2, 0) is 0 Å². The van der Waals surface area contributed by atoms with E-state index in [4.69, 9.17) is 16.3 Å². The molecule has 5 heteroatoms. The molecule has 0 saturated heterocycles. The Hall–Kier alpha value is -1.29. The van der Waals surface area contributed by atoms with Crippen LogP contribution in [0.3, 0.4) is 0 Å². The number of alkyl halides is 2. The quantitative estimate of drug-likeness (QED) is 0.860. The van der Waals surface area contributed by atoms with Crippen LogP contribution in [0.4, 0.5) is 8.78 Å². The Morgan fingerprint density at radius 1 is 1.40 bits per heavy atom. The molecule has 80 valence electrons. The Labute approximate surface area is 89.8 Å². The fourth-order valence-corrected chi connectivity index (χ4v) is 1.54. The second kappa shape index (κ2) is 4.06. The van der Waals surface area contributed by atoms with E-state index in [1.54, 1.807) is 18.3 Å². The predicted molar refractivity (Wildman–Crippen MR) is 54.8 cm³/mol. The van der Waals surface area contributed by atoms with Crippen LogP contribution < -0.4 is 4.74 Å². The first-order valence-electron chi connectivity index (χ1n) is 4.34. The van der Waals surface area contributed by atoms with Gasteiger partial charge in [-0.25, -0.2) is 8.78 Å². The number of hydrogen-bond donors (Lipinski definition) is 1. The zero-order valence-corrected chi connectivity index (χ0v) is 8.39. The Balaban J connectivity index is 2.29. The fourth-order valence-electron chi connectivity index (χ4n) is 1.32. The fraction of sp³-hybridized carbons (Fsp3) is 0.200. The number of aromatic amines is 1. The minimum absolute atomic E-state index is 0.270. The van der Waals surface area contributed by atoms with Crippen molar-refractivity contribution in [3.05, 3.63) is 29.4 Å². The maximum atomic E-state index is 11.9. The lowest BCUT2D eigenvalue weighted by Gasteiger charge is -2.07. The first kappa shape index (κ1) is 10.2. The second-order valence-electron chi connectivity index (χ2n) is 3.05. The summed E-state index contributed by atoms with van der Waals surface area (Å²) in [6.45, 7) is -0.647. The molecule has 1 N–H and O–H groups in total. The van der Waals surface area contributed by atoms with Gasteiger partial charge in [0.15, 0.2) is 0 Å². The van der Waals surface area contributed by atoms with E-state index in [0.717, 1.165) is 10.9 Å². The summed E-state index contributed by atoms with van der Waals surface area (Å²) in [5, 5.41) is 1.26. The summed E-state index contributed by atoms with van der Waals surface area (Å²) in [5.74, 6) is 0.270. The number of ether oxygens (including phenoxy) is 1. The van der Waals surface area contributed by atoms with Crippen molar-refractivity contribution in [2.24, 2.45) is 0 Å². The molecule has 0 bridgehead atoms. The Bertz CT molecular complexity index is 469. The lowest BCUT2D eigenvalue weighted by Crippen LogP contribution is -2.07. The van der Waals surface area contributed by atoms with Crippen LogP contribution >= 0.6 is 11.6 Å². The van der Waals surface area contributed by atoms with Crippen molar-refractivity contribution in [1.29, 1.82) is 0 Å². The molecule has 0 unspecified atom stereocenters. The van der Waals surface area contributed by atoms with Crippen molar-refractivity contribution < 1.29 is 13.5 Å². The van der Waals surface area contributed by atoms with Gasteiger partial charge in [-0.3, -0.25) is 0 Å². The van der Waals surface area contributed by atoms with Crippen LogP contribution in [0, 0.1) is 0 Å². The largest absolute Gasteiger partial charge is 0.486 e. The summed E-state index contributed by atoms with van der Waals surface area (Å²) in [6, 6.07) is 5.13. The third-order valence-electron chi connectivity index (χ3n) is 1.97. The summed E-state index contributed by atoms with van der Waals surface area (Å²) in [5.41, 5.74) is 0.809. The molecule has 1 aromatic carbocycles. The first-order valence-corrected chi connectivity index (χ1v) is 4.72. The van der Waals surface area contributed by atoms with E-state index in [-0.39, 0.29) is 5.75 Å². The maximum absolute atomic E-state index is 11.9. The van der Waals surface area contributed by atoms with Gasteiger partial charge in [0.1, 0.15) is 12.4 Å². The average Bonchev–Trinajstić information content (AvgIpc) is 2.60. The lowest BCUT2D eigenvalue weighted by molar-refractivity contribution is 0.0820. The molecule has 2 aromatic rings. The number of H-pyrrole nitrogens is 1. The SMILES string of the molecule is FC(F)COc1cc2[nH]ccc2cc1Cl. The molecular weight excluding hydrogens is 224 g/mol. The minimum atomic E-state index is -2.50. The summed E-state index contributed by atoms with van der Waals surface area (Å²) >= 11 is 5.86. The normalized spacial score (nSPS) is 11.2. The predicted octanol–water partition coefficient (Wildman–Crippen LogP) is 3.47. The highest BCUT2D eigenvalue weighted by Crippen LogP contribution is 2.29. The molecule has 0 radical (unpaired) electrons. The summed E-state index contributed by atoms with van der Waals surface area (Å²) in [4.78, 5) is 2.95. The molecular formula is C10H8ClF2NO. The van der Waals surface area contributed by atoms with E-state index >= 15 is 0 Å². The van der Waals surface area contributed by atoms with Crippen LogP contribution in [0.15, 0.2) is 24.4 Å². The second-order valence-corrected chi connectivity index (χ2v) is 3.46. The molecule has 0 aliphatic heterocycles. The van der Waals surface area contributed by atoms with Gasteiger partial charge in [0.05, 0.1) is 5.02 Å². The number of aromatic nitrogens is 1. The van der Waals surface area contributed by atoms with Crippen LogP contribution in [0.5, 0.6) is 5.75 Å². The van der Waals surface area contributed by atoms with E-state index in [1.807, 2.05) is 6.07 Å². The standard InChI is InChI=1S/C10H8ClF2NO/c11-7-3-6-1-2-14-8(6)4-9(7)15-5-10(12)13/h1-4,10,14H,5H2. The van der Waals surface area contributed by atoms with E-state index < -0.39 is 13.0 Å². The average molecular weight is 232 g/mol. The number of fused-ring (bicyclic) bond motifs is 1. The van der Waals surface area contributed by atoms with Gasteiger partial charge in [-0.1, -0.05) is 11.6 Å². The molecule has 0 aliphatic rings. The van der Waals surface area contributed by atoms with Gasteiger partial charge in [0.25, 0.3) is 6.43 Å². The van der Waals surface area contributed by atoms with Crippen LogP contribution in [-0.4, -0.2) is 18.0 Å². The summed E-state index contributed by atoms with van der Waals surface area (Å²) < 4.78 is 28.7. The van der Waals surface area contributed by atoms with Gasteiger partial charge in [-0.2, -0.15) is 0 Å². The first-order chi connectivity index (χ1) is 7.16. The van der Waals surface area contributed by atoms with E-state index in [1.165, 1.54) is 0 Å². The zero-order chi connectivity index (χ0) is 10.8. The number of nitrogens with one attached hydrogen (secondary N) is 1. The third kappa shape index (κ3) is 2.21. The third-order valence-corrected chi connectivity index (χ3v) is 2.27. The monoisotopic (exact) mass is 231 g/mol. The van der Waals surface area contributed by atoms with Crippen molar-refractivity contribution in [1.82, 2.24) is 4.98 Å². The van der Waals surface area contributed by atoms with E-state index in [0.29, 0.717) is 5.02 Å². The molecule has 2 rings (SSSR count). The summed E-state index contributed by atoms with van der Waals surface area (Å²) in [6.07, 6.45) is -0.752. The minimum Gasteiger partial charge on any atom is -0.486 e. The number of halogens is 3. The molecule has 0 fully saturated rings. The topological polar surface area (TPSA) is 25.0 Å². The van der Waals surface area contributed by atoms with Crippen molar-refractivity contribution in [2.75, 3.05) is 6.61 Å². The van der Waals surface area contributed by atoms with Crippen LogP contribution in [0.25, 0.3) is 10.9 Å². The molecule has 1 aromatic heterocycles. The molecule has 0 atom stereocenters. The van der Waals surface area contributed by atoms with E-state index in [9.17, 15) is 8.78 Å². The number of benzene rings is 1. The zero-order valence-electron chi connectivity index (χ0n) is 7.64. The van der Waals surface area contributed by atoms with Gasteiger partial charge >= 0.3 is 0 Å². The van der Waals surface area contributed by atoms with Gasteiger partial charge in [-0.15, -0.1) is 0 Å².